The predicted octanol–water partition coefficient (Wildman–Crippen LogP) is 3.37. The Labute approximate surface area is 174 Å². The molecule has 1 aliphatic rings. The Morgan fingerprint density at radius 2 is 1.93 bits per heavy atom. The molecule has 0 saturated heterocycles. The molecule has 0 atom stereocenters. The van der Waals surface area contributed by atoms with Gasteiger partial charge < -0.3 is 11.1 Å². The summed E-state index contributed by atoms with van der Waals surface area (Å²) in [6.07, 6.45) is 5.77. The van der Waals surface area contributed by atoms with Crippen molar-refractivity contribution in [2.45, 2.75) is 24.7 Å². The number of nitriles is 1. The standard InChI is InChI=1S/C23H22N6O/c1-29-14-18(13-27-29)21(30)28-22(26)23(9-2-10-23)19-6-3-15(4-7-19)16-5-8-20(25)17(11-16)12-24/h3-8,11,13-14H,2,9-10,25H2,1H3,(H2,26,28,30). The molecule has 1 heterocycles. The number of nitrogens with two attached hydrogens (primary N) is 1. The minimum absolute atomic E-state index is 0.217. The summed E-state index contributed by atoms with van der Waals surface area (Å²) in [6, 6.07) is 15.5. The van der Waals surface area contributed by atoms with Gasteiger partial charge in [0.2, 0.25) is 0 Å². The molecule has 7 nitrogen and oxygen atoms in total. The number of amides is 1. The average Bonchev–Trinajstić information content (AvgIpc) is 3.15. The molecule has 4 rings (SSSR count). The van der Waals surface area contributed by atoms with Crippen molar-refractivity contribution in [1.82, 2.24) is 15.1 Å². The van der Waals surface area contributed by atoms with Crippen molar-refractivity contribution in [2.24, 2.45) is 7.05 Å². The van der Waals surface area contributed by atoms with Crippen LogP contribution in [0.3, 0.4) is 0 Å². The van der Waals surface area contributed by atoms with Crippen LogP contribution in [0.4, 0.5) is 5.69 Å². The third-order valence-electron chi connectivity index (χ3n) is 5.84. The van der Waals surface area contributed by atoms with Crippen molar-refractivity contribution < 1.29 is 4.79 Å². The van der Waals surface area contributed by atoms with Gasteiger partial charge in [-0.25, -0.2) is 0 Å². The van der Waals surface area contributed by atoms with Gasteiger partial charge >= 0.3 is 0 Å². The molecular weight excluding hydrogens is 376 g/mol. The summed E-state index contributed by atoms with van der Waals surface area (Å²) in [6.45, 7) is 0. The number of amidine groups is 1. The predicted molar refractivity (Wildman–Crippen MR) is 115 cm³/mol. The lowest BCUT2D eigenvalue weighted by Gasteiger charge is -2.42. The third kappa shape index (κ3) is 3.33. The minimum atomic E-state index is -0.477. The molecule has 1 aliphatic carbocycles. The summed E-state index contributed by atoms with van der Waals surface area (Å²) in [5, 5.41) is 24.6. The number of nitrogens with zero attached hydrogens (tertiary/aromatic N) is 3. The van der Waals surface area contributed by atoms with Crippen molar-refractivity contribution in [3.63, 3.8) is 0 Å². The lowest BCUT2D eigenvalue weighted by atomic mass is 9.63. The lowest BCUT2D eigenvalue weighted by molar-refractivity contribution is 0.0972. The molecular formula is C23H22N6O. The first-order valence-corrected chi connectivity index (χ1v) is 9.72. The number of nitrogens with one attached hydrogen (secondary N) is 2. The Kier molecular flexibility index (Phi) is 4.84. The van der Waals surface area contributed by atoms with Gasteiger partial charge in [-0.3, -0.25) is 14.9 Å². The van der Waals surface area contributed by atoms with Gasteiger partial charge in [-0.2, -0.15) is 10.4 Å². The fourth-order valence-electron chi connectivity index (χ4n) is 3.87. The second kappa shape index (κ2) is 7.48. The van der Waals surface area contributed by atoms with Crippen molar-refractivity contribution in [2.75, 3.05) is 5.73 Å². The fourth-order valence-corrected chi connectivity index (χ4v) is 3.87. The van der Waals surface area contributed by atoms with Crippen LogP contribution in [0.5, 0.6) is 0 Å². The van der Waals surface area contributed by atoms with Crippen LogP contribution >= 0.6 is 0 Å². The first-order valence-electron chi connectivity index (χ1n) is 9.72. The van der Waals surface area contributed by atoms with E-state index in [0.717, 1.165) is 36.0 Å². The largest absolute Gasteiger partial charge is 0.398 e. The highest BCUT2D eigenvalue weighted by atomic mass is 16.1. The number of anilines is 1. The van der Waals surface area contributed by atoms with Gasteiger partial charge in [-0.1, -0.05) is 36.8 Å². The monoisotopic (exact) mass is 398 g/mol. The molecule has 2 aromatic carbocycles. The van der Waals surface area contributed by atoms with E-state index in [4.69, 9.17) is 11.1 Å². The lowest BCUT2D eigenvalue weighted by Crippen LogP contribution is -2.50. The number of benzene rings is 2. The Bertz CT molecular complexity index is 1170. The van der Waals surface area contributed by atoms with Crippen LogP contribution in [0, 0.1) is 16.7 Å². The number of aryl methyl sites for hydroxylation is 1. The van der Waals surface area contributed by atoms with E-state index in [0.29, 0.717) is 16.8 Å². The molecule has 1 amide bonds. The number of hydrogen-bond acceptors (Lipinski definition) is 5. The molecule has 1 aromatic heterocycles. The zero-order valence-electron chi connectivity index (χ0n) is 16.6. The quantitative estimate of drug-likeness (QED) is 0.354. The van der Waals surface area contributed by atoms with Gasteiger partial charge in [0.1, 0.15) is 11.9 Å². The average molecular weight is 398 g/mol. The number of carbonyl (C=O) groups is 1. The zero-order chi connectivity index (χ0) is 21.3. The van der Waals surface area contributed by atoms with E-state index in [2.05, 4.69) is 16.5 Å². The van der Waals surface area contributed by atoms with Crippen LogP contribution in [-0.2, 0) is 12.5 Å². The van der Waals surface area contributed by atoms with Crippen LogP contribution in [0.25, 0.3) is 11.1 Å². The number of nitrogen functional groups attached to an aromatic ring is 1. The molecule has 3 aromatic rings. The Hall–Kier alpha value is -3.92. The highest BCUT2D eigenvalue weighted by Crippen LogP contribution is 2.44. The summed E-state index contributed by atoms with van der Waals surface area (Å²) in [4.78, 5) is 12.5. The van der Waals surface area contributed by atoms with Crippen molar-refractivity contribution in [3.8, 4) is 17.2 Å². The second-order valence-corrected chi connectivity index (χ2v) is 7.66. The topological polar surface area (TPSA) is 121 Å². The molecule has 30 heavy (non-hydrogen) atoms. The van der Waals surface area contributed by atoms with Gasteiger partial charge in [0.15, 0.2) is 0 Å². The smallest absolute Gasteiger partial charge is 0.259 e. The summed E-state index contributed by atoms with van der Waals surface area (Å²) in [5.41, 5.74) is 9.57. The van der Waals surface area contributed by atoms with Crippen LogP contribution < -0.4 is 11.1 Å². The SMILES string of the molecule is Cn1cc(C(=O)NC(=N)C2(c3ccc(-c4ccc(N)c(C#N)c4)cc3)CCC2)cn1. The van der Waals surface area contributed by atoms with Crippen LogP contribution in [0.2, 0.25) is 0 Å². The van der Waals surface area contributed by atoms with Gasteiger partial charge in [0, 0.05) is 18.9 Å². The number of hydrogen-bond donors (Lipinski definition) is 3. The summed E-state index contributed by atoms with van der Waals surface area (Å²) >= 11 is 0. The van der Waals surface area contributed by atoms with Gasteiger partial charge in [-0.15, -0.1) is 0 Å². The third-order valence-corrected chi connectivity index (χ3v) is 5.84. The first kappa shape index (κ1) is 19.4. The first-order chi connectivity index (χ1) is 14.4. The van der Waals surface area contributed by atoms with E-state index in [9.17, 15) is 10.1 Å². The van der Waals surface area contributed by atoms with Crippen LogP contribution in [-0.4, -0.2) is 21.5 Å². The van der Waals surface area contributed by atoms with E-state index < -0.39 is 5.41 Å². The van der Waals surface area contributed by atoms with Gasteiger partial charge in [-0.05, 0) is 41.7 Å². The number of carbonyl (C=O) groups excluding carboxylic acids is 1. The number of rotatable bonds is 4. The molecule has 0 aliphatic heterocycles. The van der Waals surface area contributed by atoms with E-state index >= 15 is 0 Å². The maximum atomic E-state index is 12.5. The molecule has 0 unspecified atom stereocenters. The Morgan fingerprint density at radius 1 is 1.23 bits per heavy atom. The van der Waals surface area contributed by atoms with Crippen molar-refractivity contribution >= 4 is 17.4 Å². The summed E-state index contributed by atoms with van der Waals surface area (Å²) in [5.74, 6) is -0.100. The molecule has 0 radical (unpaired) electrons. The van der Waals surface area contributed by atoms with Crippen LogP contribution in [0.15, 0.2) is 54.9 Å². The molecule has 1 fully saturated rings. The normalized spacial score (nSPS) is 14.4. The minimum Gasteiger partial charge on any atom is -0.398 e. The Morgan fingerprint density at radius 3 is 2.50 bits per heavy atom. The molecule has 7 heteroatoms. The Balaban J connectivity index is 1.56. The second-order valence-electron chi connectivity index (χ2n) is 7.66. The number of aromatic nitrogens is 2. The van der Waals surface area contributed by atoms with Gasteiger partial charge in [0.05, 0.1) is 22.7 Å². The summed E-state index contributed by atoms with van der Waals surface area (Å²) in [7, 11) is 1.75. The van der Waals surface area contributed by atoms with Crippen molar-refractivity contribution in [1.29, 1.82) is 10.7 Å². The maximum absolute atomic E-state index is 12.5. The summed E-state index contributed by atoms with van der Waals surface area (Å²) < 4.78 is 1.56. The molecule has 0 spiro atoms. The highest BCUT2D eigenvalue weighted by Gasteiger charge is 2.43. The molecule has 150 valence electrons. The van der Waals surface area contributed by atoms with Gasteiger partial charge in [0.25, 0.3) is 5.91 Å². The van der Waals surface area contributed by atoms with E-state index in [-0.39, 0.29) is 11.7 Å². The maximum Gasteiger partial charge on any atom is 0.259 e. The molecule has 0 bridgehead atoms. The van der Waals surface area contributed by atoms with Crippen LogP contribution in [0.1, 0.15) is 40.7 Å². The fraction of sp³-hybridized carbons (Fsp3) is 0.217. The molecule has 4 N–H and O–H groups in total. The molecule has 1 saturated carbocycles. The van der Waals surface area contributed by atoms with Crippen molar-refractivity contribution in [3.05, 3.63) is 71.5 Å². The van der Waals surface area contributed by atoms with E-state index in [1.165, 1.54) is 6.20 Å². The zero-order valence-corrected chi connectivity index (χ0v) is 16.6. The highest BCUT2D eigenvalue weighted by molar-refractivity contribution is 6.09. The van der Waals surface area contributed by atoms with E-state index in [1.54, 1.807) is 30.1 Å². The van der Waals surface area contributed by atoms with E-state index in [1.807, 2.05) is 30.3 Å².